The lowest BCUT2D eigenvalue weighted by Crippen LogP contribution is -2.47. The molecule has 0 aliphatic heterocycles. The Morgan fingerprint density at radius 2 is 1.64 bits per heavy atom. The first-order valence-corrected chi connectivity index (χ1v) is 9.76. The number of hydrogen-bond donors (Lipinski definition) is 8. The molecule has 0 spiro atoms. The van der Waals surface area contributed by atoms with Crippen LogP contribution in [0.5, 0.6) is 0 Å². The summed E-state index contributed by atoms with van der Waals surface area (Å²) >= 11 is 0. The van der Waals surface area contributed by atoms with Crippen LogP contribution in [-0.4, -0.2) is 73.0 Å². The van der Waals surface area contributed by atoms with Gasteiger partial charge in [0.05, 0.1) is 12.5 Å². The molecular formula is C17H37N7O4. The summed E-state index contributed by atoms with van der Waals surface area (Å²) in [5.41, 5.74) is 15.8. The average Bonchev–Trinajstić information content (AvgIpc) is 2.62. The molecule has 0 aromatic carbocycles. The number of rotatable bonds is 17. The molecule has 0 aliphatic rings. The number of nitrogens with one attached hydrogen (secondary N) is 3. The maximum Gasteiger partial charge on any atom is 0.269 e. The van der Waals surface area contributed by atoms with Crippen molar-refractivity contribution in [3.05, 3.63) is 0 Å². The van der Waals surface area contributed by atoms with E-state index >= 15 is 0 Å². The van der Waals surface area contributed by atoms with Crippen molar-refractivity contribution in [1.82, 2.24) is 16.0 Å². The summed E-state index contributed by atoms with van der Waals surface area (Å²) in [5, 5.41) is 27.5. The fraction of sp³-hybridized carbons (Fsp3) is 0.824. The molecule has 0 aliphatic carbocycles. The number of amides is 2. The molecule has 164 valence electrons. The summed E-state index contributed by atoms with van der Waals surface area (Å²) in [6, 6.07) is 0. The molecule has 0 bridgehead atoms. The number of aliphatic hydroxyl groups is 2. The van der Waals surface area contributed by atoms with Crippen molar-refractivity contribution in [1.29, 1.82) is 0 Å². The van der Waals surface area contributed by atoms with Crippen LogP contribution in [0.3, 0.4) is 0 Å². The van der Waals surface area contributed by atoms with Crippen molar-refractivity contribution in [2.24, 2.45) is 22.2 Å². The molecule has 2 atom stereocenters. The normalized spacial score (nSPS) is 12.8. The van der Waals surface area contributed by atoms with Gasteiger partial charge in [0.15, 0.2) is 5.96 Å². The second kappa shape index (κ2) is 17.2. The second-order valence-electron chi connectivity index (χ2n) is 6.52. The highest BCUT2D eigenvalue weighted by Crippen LogP contribution is 2.05. The van der Waals surface area contributed by atoms with Crippen molar-refractivity contribution in [3.63, 3.8) is 0 Å². The lowest BCUT2D eigenvalue weighted by molar-refractivity contribution is -0.137. The lowest BCUT2D eigenvalue weighted by Gasteiger charge is -2.15. The van der Waals surface area contributed by atoms with Crippen LogP contribution in [0.25, 0.3) is 0 Å². The van der Waals surface area contributed by atoms with Crippen molar-refractivity contribution < 1.29 is 19.8 Å². The summed E-state index contributed by atoms with van der Waals surface area (Å²) in [4.78, 5) is 27.3. The second-order valence-corrected chi connectivity index (χ2v) is 6.52. The van der Waals surface area contributed by atoms with Crippen molar-refractivity contribution in [2.75, 3.05) is 32.7 Å². The molecule has 2 unspecified atom stereocenters. The van der Waals surface area contributed by atoms with Crippen LogP contribution in [0.4, 0.5) is 0 Å². The molecule has 11 N–H and O–H groups in total. The largest absolute Gasteiger partial charge is 0.393 e. The zero-order valence-corrected chi connectivity index (χ0v) is 16.5. The molecule has 2 amide bonds. The van der Waals surface area contributed by atoms with E-state index in [-0.39, 0.29) is 12.4 Å². The number of hydrogen-bond acceptors (Lipinski definition) is 7. The molecule has 0 aromatic rings. The monoisotopic (exact) mass is 403 g/mol. The molecule has 0 heterocycles. The Kier molecular flexibility index (Phi) is 16.0. The maximum absolute atomic E-state index is 11.8. The minimum atomic E-state index is -1.63. The molecule has 28 heavy (non-hydrogen) atoms. The predicted octanol–water partition coefficient (Wildman–Crippen LogP) is -2.55. The number of aliphatic hydroxyl groups excluding tert-OH is 2. The SMILES string of the molecule is NCCCNCCCCNC(=O)C(O)NC(=O)CC(O)CCCCN=C(N)N. The topological polar surface area (TPSA) is 201 Å². The van der Waals surface area contributed by atoms with E-state index in [9.17, 15) is 19.8 Å². The number of guanidine groups is 1. The van der Waals surface area contributed by atoms with E-state index in [1.807, 2.05) is 0 Å². The molecule has 11 heteroatoms. The van der Waals surface area contributed by atoms with E-state index in [4.69, 9.17) is 17.2 Å². The summed E-state index contributed by atoms with van der Waals surface area (Å²) in [5.74, 6) is -1.24. The van der Waals surface area contributed by atoms with Gasteiger partial charge in [-0.1, -0.05) is 0 Å². The van der Waals surface area contributed by atoms with Crippen LogP contribution in [0, 0.1) is 0 Å². The first kappa shape index (κ1) is 26.1. The number of nitrogens with zero attached hydrogens (tertiary/aromatic N) is 1. The fourth-order valence-electron chi connectivity index (χ4n) is 2.33. The third-order valence-electron chi connectivity index (χ3n) is 3.84. The van der Waals surface area contributed by atoms with Crippen molar-refractivity contribution in [2.45, 2.75) is 57.3 Å². The van der Waals surface area contributed by atoms with Crippen molar-refractivity contribution in [3.8, 4) is 0 Å². The van der Waals surface area contributed by atoms with Gasteiger partial charge in [-0.05, 0) is 58.2 Å². The molecule has 0 saturated heterocycles. The lowest BCUT2D eigenvalue weighted by atomic mass is 10.1. The Morgan fingerprint density at radius 3 is 2.32 bits per heavy atom. The molecular weight excluding hydrogens is 366 g/mol. The van der Waals surface area contributed by atoms with Crippen LogP contribution < -0.4 is 33.2 Å². The number of nitrogens with two attached hydrogens (primary N) is 3. The zero-order valence-electron chi connectivity index (χ0n) is 16.5. The van der Waals surface area contributed by atoms with Crippen LogP contribution in [0.1, 0.15) is 44.9 Å². The van der Waals surface area contributed by atoms with Crippen molar-refractivity contribution >= 4 is 17.8 Å². The third-order valence-corrected chi connectivity index (χ3v) is 3.84. The first-order chi connectivity index (χ1) is 13.4. The van der Waals surface area contributed by atoms with Gasteiger partial charge in [0, 0.05) is 13.1 Å². The number of aliphatic imine (C=N–C) groups is 1. The zero-order chi connectivity index (χ0) is 21.2. The first-order valence-electron chi connectivity index (χ1n) is 9.76. The van der Waals surface area contributed by atoms with E-state index in [0.717, 1.165) is 32.4 Å². The molecule has 0 aromatic heterocycles. The highest BCUT2D eigenvalue weighted by atomic mass is 16.3. The van der Waals surface area contributed by atoms with Crippen LogP contribution >= 0.6 is 0 Å². The third kappa shape index (κ3) is 16.2. The Bertz CT molecular complexity index is 459. The van der Waals surface area contributed by atoms with Gasteiger partial charge in [-0.25, -0.2) is 0 Å². The molecule has 0 radical (unpaired) electrons. The van der Waals surface area contributed by atoms with E-state index in [2.05, 4.69) is 20.9 Å². The highest BCUT2D eigenvalue weighted by molar-refractivity contribution is 5.86. The van der Waals surface area contributed by atoms with Gasteiger partial charge in [-0.3, -0.25) is 14.6 Å². The van der Waals surface area contributed by atoms with E-state index in [1.165, 1.54) is 0 Å². The maximum atomic E-state index is 11.8. The van der Waals surface area contributed by atoms with Gasteiger partial charge in [0.1, 0.15) is 0 Å². The minimum absolute atomic E-state index is 0.0198. The van der Waals surface area contributed by atoms with E-state index in [1.54, 1.807) is 0 Å². The van der Waals surface area contributed by atoms with Gasteiger partial charge in [-0.15, -0.1) is 0 Å². The molecule has 11 nitrogen and oxygen atoms in total. The Morgan fingerprint density at radius 1 is 0.964 bits per heavy atom. The van der Waals surface area contributed by atoms with Gasteiger partial charge in [0.25, 0.3) is 5.91 Å². The quantitative estimate of drug-likeness (QED) is 0.0561. The van der Waals surface area contributed by atoms with Gasteiger partial charge >= 0.3 is 0 Å². The highest BCUT2D eigenvalue weighted by Gasteiger charge is 2.18. The fourth-order valence-corrected chi connectivity index (χ4v) is 2.33. The van der Waals surface area contributed by atoms with Gasteiger partial charge in [-0.2, -0.15) is 0 Å². The molecule has 0 rings (SSSR count). The van der Waals surface area contributed by atoms with E-state index in [0.29, 0.717) is 38.9 Å². The summed E-state index contributed by atoms with van der Waals surface area (Å²) in [6.07, 6.45) is 1.60. The Balaban J connectivity index is 3.76. The summed E-state index contributed by atoms with van der Waals surface area (Å²) in [6.45, 7) is 3.23. The average molecular weight is 404 g/mol. The van der Waals surface area contributed by atoms with Gasteiger partial charge < -0.3 is 43.4 Å². The summed E-state index contributed by atoms with van der Waals surface area (Å²) in [7, 11) is 0. The smallest absolute Gasteiger partial charge is 0.269 e. The molecule has 0 fully saturated rings. The van der Waals surface area contributed by atoms with Crippen LogP contribution in [0.15, 0.2) is 4.99 Å². The van der Waals surface area contributed by atoms with Crippen LogP contribution in [-0.2, 0) is 9.59 Å². The van der Waals surface area contributed by atoms with E-state index < -0.39 is 24.1 Å². The Labute approximate surface area is 166 Å². The Hall–Kier alpha value is -1.95. The predicted molar refractivity (Wildman–Crippen MR) is 108 cm³/mol. The summed E-state index contributed by atoms with van der Waals surface area (Å²) < 4.78 is 0. The van der Waals surface area contributed by atoms with Crippen LogP contribution in [0.2, 0.25) is 0 Å². The number of unbranched alkanes of at least 4 members (excludes halogenated alkanes) is 2. The minimum Gasteiger partial charge on any atom is -0.393 e. The molecule has 0 saturated carbocycles. The number of carbonyl (C=O) groups is 2. The standard InChI is InChI=1S/C17H37N7O4/c18-7-5-9-21-8-3-4-10-22-15(27)16(28)24-14(26)12-13(25)6-1-2-11-23-17(19)20/h13,16,21,25,28H,1-12,18H2,(H,22,27)(H,24,26)(H4,19,20,23). The number of carbonyl (C=O) groups excluding carboxylic acids is 2. The van der Waals surface area contributed by atoms with Gasteiger partial charge in [0.2, 0.25) is 12.1 Å².